The van der Waals surface area contributed by atoms with Gasteiger partial charge in [0.25, 0.3) is 0 Å². The number of hydrogen-bond donors (Lipinski definition) is 2. The Morgan fingerprint density at radius 1 is 1.15 bits per heavy atom. The molecule has 0 atom stereocenters. The largest absolute Gasteiger partial charge is 0.507 e. The summed E-state index contributed by atoms with van der Waals surface area (Å²) in [4.78, 5) is 12.2. The van der Waals surface area contributed by atoms with Gasteiger partial charge in [-0.1, -0.05) is 18.2 Å². The van der Waals surface area contributed by atoms with Gasteiger partial charge in [-0.25, -0.2) is 0 Å². The van der Waals surface area contributed by atoms with Crippen LogP contribution in [0.5, 0.6) is 5.75 Å². The van der Waals surface area contributed by atoms with Crippen molar-refractivity contribution in [2.75, 3.05) is 5.73 Å². The summed E-state index contributed by atoms with van der Waals surface area (Å²) in [7, 11) is 0. The smallest absolute Gasteiger partial charge is 0.203 e. The first-order valence-corrected chi connectivity index (χ1v) is 5.92. The van der Waals surface area contributed by atoms with Crippen LogP contribution >= 0.6 is 0 Å². The third-order valence-electron chi connectivity index (χ3n) is 2.77. The molecule has 0 aliphatic heterocycles. The van der Waals surface area contributed by atoms with Crippen LogP contribution in [0.25, 0.3) is 6.08 Å². The number of nitrogen functional groups attached to an aromatic ring is 1. The lowest BCUT2D eigenvalue weighted by molar-refractivity contribution is 0.104. The number of aromatic hydroxyl groups is 1. The van der Waals surface area contributed by atoms with Crippen LogP contribution in [0.1, 0.15) is 15.9 Å². The molecule has 0 amide bonds. The minimum Gasteiger partial charge on any atom is -0.507 e. The number of allylic oxidation sites excluding steroid dienone is 1. The van der Waals surface area contributed by atoms with Crippen LogP contribution in [-0.2, 0) is 0 Å². The van der Waals surface area contributed by atoms with Crippen molar-refractivity contribution < 1.29 is 9.90 Å². The number of hydrogen-bond acceptors (Lipinski definition) is 4. The van der Waals surface area contributed by atoms with E-state index in [-0.39, 0.29) is 11.3 Å². The Bertz CT molecular complexity index is 710. The van der Waals surface area contributed by atoms with Crippen LogP contribution < -0.4 is 5.73 Å². The minimum atomic E-state index is -0.407. The number of phenolic OH excluding ortho intramolecular Hbond substituents is 1. The number of nitrogens with zero attached hydrogens (tertiary/aromatic N) is 1. The van der Waals surface area contributed by atoms with Crippen LogP contribution in [0.15, 0.2) is 54.1 Å². The summed E-state index contributed by atoms with van der Waals surface area (Å²) < 4.78 is 0. The van der Waals surface area contributed by atoms with Crippen molar-refractivity contribution in [2.45, 2.75) is 0 Å². The zero-order chi connectivity index (χ0) is 14.5. The number of rotatable bonds is 3. The molecular formula is C16H12N2O2. The zero-order valence-corrected chi connectivity index (χ0v) is 10.6. The van der Waals surface area contributed by atoms with Gasteiger partial charge in [-0.2, -0.15) is 5.26 Å². The van der Waals surface area contributed by atoms with E-state index in [4.69, 9.17) is 11.0 Å². The van der Waals surface area contributed by atoms with E-state index < -0.39 is 5.78 Å². The van der Waals surface area contributed by atoms with Crippen LogP contribution in [0.3, 0.4) is 0 Å². The van der Waals surface area contributed by atoms with E-state index in [1.54, 1.807) is 42.5 Å². The highest BCUT2D eigenvalue weighted by Crippen LogP contribution is 2.20. The molecule has 0 fully saturated rings. The summed E-state index contributed by atoms with van der Waals surface area (Å²) in [6.07, 6.45) is 1.37. The molecule has 0 bridgehead atoms. The number of Topliss-reactive ketones (excluding diaryl/α,β-unsaturated/α-hetero) is 1. The van der Waals surface area contributed by atoms with Crippen molar-refractivity contribution in [3.63, 3.8) is 0 Å². The second-order valence-corrected chi connectivity index (χ2v) is 4.18. The number of anilines is 1. The molecule has 0 spiro atoms. The first-order chi connectivity index (χ1) is 9.61. The molecule has 0 saturated heterocycles. The average molecular weight is 264 g/mol. The molecular weight excluding hydrogens is 252 g/mol. The molecule has 0 unspecified atom stereocenters. The zero-order valence-electron chi connectivity index (χ0n) is 10.6. The van der Waals surface area contributed by atoms with Gasteiger partial charge in [0, 0.05) is 16.8 Å². The Labute approximate surface area is 116 Å². The molecule has 4 nitrogen and oxygen atoms in total. The molecule has 0 heterocycles. The normalized spacial score (nSPS) is 10.8. The summed E-state index contributed by atoms with van der Waals surface area (Å²) in [6, 6.07) is 14.7. The molecule has 4 heteroatoms. The molecule has 20 heavy (non-hydrogen) atoms. The van der Waals surface area contributed by atoms with E-state index in [1.165, 1.54) is 12.1 Å². The Morgan fingerprint density at radius 2 is 1.80 bits per heavy atom. The second-order valence-electron chi connectivity index (χ2n) is 4.18. The quantitative estimate of drug-likeness (QED) is 0.386. The summed E-state index contributed by atoms with van der Waals surface area (Å²) in [6.45, 7) is 0. The number of ketones is 1. The summed E-state index contributed by atoms with van der Waals surface area (Å²) in [5, 5.41) is 18.8. The number of nitrogens with two attached hydrogens (primary N) is 1. The lowest BCUT2D eigenvalue weighted by Gasteiger charge is -2.02. The number of nitriles is 1. The number of para-hydroxylation sites is 1. The van der Waals surface area contributed by atoms with Gasteiger partial charge in [-0.3, -0.25) is 4.79 Å². The lowest BCUT2D eigenvalue weighted by atomic mass is 10.0. The maximum atomic E-state index is 12.2. The second kappa shape index (κ2) is 5.72. The Kier molecular flexibility index (Phi) is 3.82. The van der Waals surface area contributed by atoms with Crippen molar-refractivity contribution in [3.05, 3.63) is 65.2 Å². The third-order valence-corrected chi connectivity index (χ3v) is 2.77. The van der Waals surface area contributed by atoms with Gasteiger partial charge in [0.15, 0.2) is 0 Å². The summed E-state index contributed by atoms with van der Waals surface area (Å²) >= 11 is 0. The minimum absolute atomic E-state index is 0.0188. The fourth-order valence-electron chi connectivity index (χ4n) is 1.70. The maximum absolute atomic E-state index is 12.2. The molecule has 0 aliphatic rings. The molecule has 0 radical (unpaired) electrons. The number of carbonyl (C=O) groups is 1. The van der Waals surface area contributed by atoms with Gasteiger partial charge in [-0.15, -0.1) is 0 Å². The number of carbonyl (C=O) groups excluding carboxylic acids is 1. The van der Waals surface area contributed by atoms with Crippen LogP contribution in [-0.4, -0.2) is 10.9 Å². The number of phenols is 1. The maximum Gasteiger partial charge on any atom is 0.203 e. The van der Waals surface area contributed by atoms with Gasteiger partial charge in [-0.05, 0) is 36.4 Å². The van der Waals surface area contributed by atoms with E-state index >= 15 is 0 Å². The van der Waals surface area contributed by atoms with Gasteiger partial charge < -0.3 is 10.8 Å². The molecule has 0 aliphatic carbocycles. The molecule has 0 saturated carbocycles. The molecule has 3 N–H and O–H groups in total. The monoisotopic (exact) mass is 264 g/mol. The van der Waals surface area contributed by atoms with E-state index in [2.05, 4.69) is 0 Å². The van der Waals surface area contributed by atoms with Crippen LogP contribution in [0.2, 0.25) is 0 Å². The van der Waals surface area contributed by atoms with Crippen molar-refractivity contribution in [3.8, 4) is 11.8 Å². The van der Waals surface area contributed by atoms with Crippen molar-refractivity contribution in [2.24, 2.45) is 0 Å². The highest BCUT2D eigenvalue weighted by atomic mass is 16.3. The van der Waals surface area contributed by atoms with Crippen molar-refractivity contribution in [1.29, 1.82) is 5.26 Å². The highest BCUT2D eigenvalue weighted by molar-refractivity contribution is 6.14. The van der Waals surface area contributed by atoms with Crippen molar-refractivity contribution in [1.82, 2.24) is 0 Å². The molecule has 2 aromatic rings. The van der Waals surface area contributed by atoms with Gasteiger partial charge in [0.2, 0.25) is 5.78 Å². The van der Waals surface area contributed by atoms with E-state index in [0.29, 0.717) is 16.8 Å². The first kappa shape index (κ1) is 13.4. The van der Waals surface area contributed by atoms with Crippen LogP contribution in [0, 0.1) is 11.3 Å². The molecule has 2 rings (SSSR count). The highest BCUT2D eigenvalue weighted by Gasteiger charge is 2.12. The van der Waals surface area contributed by atoms with E-state index in [0.717, 1.165) is 0 Å². The fourth-order valence-corrected chi connectivity index (χ4v) is 1.70. The predicted octanol–water partition coefficient (Wildman–Crippen LogP) is 2.76. The molecule has 2 aromatic carbocycles. The van der Waals surface area contributed by atoms with E-state index in [9.17, 15) is 9.90 Å². The van der Waals surface area contributed by atoms with Crippen LogP contribution in [0.4, 0.5) is 5.69 Å². The standard InChI is InChI=1S/C16H12N2O2/c17-10-13(9-12-3-1-2-4-15(12)19)16(20)11-5-7-14(18)8-6-11/h1-9,19H,18H2. The topological polar surface area (TPSA) is 87.1 Å². The molecule has 0 aromatic heterocycles. The van der Waals surface area contributed by atoms with Gasteiger partial charge in [0.05, 0.1) is 0 Å². The Balaban J connectivity index is 2.38. The summed E-state index contributed by atoms with van der Waals surface area (Å²) in [5.41, 5.74) is 6.86. The predicted molar refractivity (Wildman–Crippen MR) is 76.9 cm³/mol. The summed E-state index contributed by atoms with van der Waals surface area (Å²) in [5.74, 6) is -0.388. The number of benzene rings is 2. The van der Waals surface area contributed by atoms with Gasteiger partial charge >= 0.3 is 0 Å². The van der Waals surface area contributed by atoms with E-state index in [1.807, 2.05) is 6.07 Å². The average Bonchev–Trinajstić information content (AvgIpc) is 2.46. The Hall–Kier alpha value is -3.06. The van der Waals surface area contributed by atoms with Crippen molar-refractivity contribution >= 4 is 17.5 Å². The molecule has 98 valence electrons. The fraction of sp³-hybridized carbons (Fsp3) is 0. The van der Waals surface area contributed by atoms with Gasteiger partial charge in [0.1, 0.15) is 17.4 Å². The SMILES string of the molecule is N#CC(=Cc1ccccc1O)C(=O)c1ccc(N)cc1. The third kappa shape index (κ3) is 2.85. The Morgan fingerprint density at radius 3 is 2.40 bits per heavy atom. The first-order valence-electron chi connectivity index (χ1n) is 5.92. The lowest BCUT2D eigenvalue weighted by Crippen LogP contribution is -2.02.